The molecule has 2 aromatic heterocycles. The molecule has 0 fully saturated rings. The van der Waals surface area contributed by atoms with E-state index in [-0.39, 0.29) is 11.5 Å². The molecular formula is C21H19N5O. The monoisotopic (exact) mass is 360 g/mol. The summed E-state index contributed by atoms with van der Waals surface area (Å²) >= 11 is 0. The predicted molar refractivity (Wildman–Crippen MR) is 106 cm³/mol. The quantitative estimate of drug-likeness (QED) is 0.601. The molecule has 1 amide bonds. The summed E-state index contributed by atoms with van der Waals surface area (Å²) in [4.78, 5) is 16.8. The van der Waals surface area contributed by atoms with E-state index in [1.807, 2.05) is 42.9 Å². The van der Waals surface area contributed by atoms with Gasteiger partial charge in [-0.25, -0.2) is 4.98 Å². The SMILES string of the molecule is [2H]C([2H])([2H])c1ccc(C(=O)Nc2cc3cc(-c4cnc(C)n4C)ccc3nn2)cc1. The molecule has 0 saturated heterocycles. The minimum Gasteiger partial charge on any atom is -0.331 e. The zero-order valence-corrected chi connectivity index (χ0v) is 14.9. The van der Waals surface area contributed by atoms with Gasteiger partial charge in [-0.15, -0.1) is 10.2 Å². The van der Waals surface area contributed by atoms with Crippen LogP contribution in [0.2, 0.25) is 0 Å². The molecule has 0 bridgehead atoms. The Balaban J connectivity index is 1.60. The van der Waals surface area contributed by atoms with Crippen molar-refractivity contribution in [2.45, 2.75) is 13.8 Å². The summed E-state index contributed by atoms with van der Waals surface area (Å²) in [5.41, 5.74) is 3.19. The Bertz CT molecular complexity index is 1250. The number of anilines is 1. The van der Waals surface area contributed by atoms with Gasteiger partial charge >= 0.3 is 0 Å². The highest BCUT2D eigenvalue weighted by atomic mass is 16.1. The zero-order valence-electron chi connectivity index (χ0n) is 17.9. The third-order valence-corrected chi connectivity index (χ3v) is 4.49. The fourth-order valence-electron chi connectivity index (χ4n) is 2.85. The maximum absolute atomic E-state index is 12.5. The lowest BCUT2D eigenvalue weighted by Crippen LogP contribution is -2.13. The number of nitrogens with zero attached hydrogens (tertiary/aromatic N) is 4. The molecule has 0 saturated carbocycles. The number of carbonyl (C=O) groups is 1. The molecule has 0 aliphatic rings. The van der Waals surface area contributed by atoms with Gasteiger partial charge in [-0.1, -0.05) is 23.8 Å². The number of imidazole rings is 1. The molecule has 134 valence electrons. The van der Waals surface area contributed by atoms with Crippen LogP contribution in [0.4, 0.5) is 5.82 Å². The minimum absolute atomic E-state index is 0.183. The van der Waals surface area contributed by atoms with E-state index in [9.17, 15) is 4.79 Å². The van der Waals surface area contributed by atoms with Crippen molar-refractivity contribution in [3.63, 3.8) is 0 Å². The molecule has 0 atom stereocenters. The second kappa shape index (κ2) is 6.64. The van der Waals surface area contributed by atoms with Crippen molar-refractivity contribution in [1.82, 2.24) is 19.7 Å². The van der Waals surface area contributed by atoms with Crippen molar-refractivity contribution >= 4 is 22.6 Å². The van der Waals surface area contributed by atoms with Crippen LogP contribution in [0.3, 0.4) is 0 Å². The Morgan fingerprint density at radius 2 is 1.93 bits per heavy atom. The summed E-state index contributed by atoms with van der Waals surface area (Å²) in [5.74, 6) is 0.834. The Hall–Kier alpha value is -3.54. The molecule has 4 rings (SSSR count). The lowest BCUT2D eigenvalue weighted by Gasteiger charge is -2.07. The summed E-state index contributed by atoms with van der Waals surface area (Å²) < 4.78 is 24.2. The van der Waals surface area contributed by atoms with Crippen LogP contribution < -0.4 is 5.32 Å². The van der Waals surface area contributed by atoms with E-state index < -0.39 is 6.85 Å². The van der Waals surface area contributed by atoms with Gasteiger partial charge in [0.15, 0.2) is 5.82 Å². The molecule has 27 heavy (non-hydrogen) atoms. The van der Waals surface area contributed by atoms with Crippen LogP contribution in [-0.2, 0) is 7.05 Å². The topological polar surface area (TPSA) is 72.7 Å². The van der Waals surface area contributed by atoms with E-state index in [1.165, 1.54) is 24.3 Å². The van der Waals surface area contributed by atoms with Gasteiger partial charge in [0, 0.05) is 27.7 Å². The average molecular weight is 360 g/mol. The van der Waals surface area contributed by atoms with Crippen LogP contribution in [0.15, 0.2) is 54.7 Å². The van der Waals surface area contributed by atoms with E-state index in [4.69, 9.17) is 4.11 Å². The molecule has 6 heteroatoms. The fourth-order valence-corrected chi connectivity index (χ4v) is 2.85. The zero-order chi connectivity index (χ0) is 21.5. The van der Waals surface area contributed by atoms with Crippen molar-refractivity contribution in [2.24, 2.45) is 7.05 Å². The highest BCUT2D eigenvalue weighted by Crippen LogP contribution is 2.25. The number of carbonyl (C=O) groups excluding carboxylic acids is 1. The van der Waals surface area contributed by atoms with Gasteiger partial charge in [0.05, 0.1) is 17.4 Å². The largest absolute Gasteiger partial charge is 0.331 e. The van der Waals surface area contributed by atoms with Gasteiger partial charge in [0.1, 0.15) is 5.82 Å². The number of fused-ring (bicyclic) bond motifs is 1. The Labute approximate surface area is 161 Å². The van der Waals surface area contributed by atoms with Gasteiger partial charge in [-0.05, 0) is 44.1 Å². The van der Waals surface area contributed by atoms with Crippen molar-refractivity contribution in [2.75, 3.05) is 5.32 Å². The van der Waals surface area contributed by atoms with E-state index >= 15 is 0 Å². The number of benzene rings is 2. The van der Waals surface area contributed by atoms with E-state index in [1.54, 1.807) is 6.07 Å². The van der Waals surface area contributed by atoms with Crippen molar-refractivity contribution in [3.8, 4) is 11.3 Å². The molecule has 0 spiro atoms. The molecular weight excluding hydrogens is 338 g/mol. The first kappa shape index (κ1) is 13.6. The second-order valence-electron chi connectivity index (χ2n) is 6.28. The number of amides is 1. The second-order valence-corrected chi connectivity index (χ2v) is 6.28. The van der Waals surface area contributed by atoms with Gasteiger partial charge in [0.2, 0.25) is 0 Å². The molecule has 2 heterocycles. The molecule has 0 radical (unpaired) electrons. The molecule has 0 aliphatic carbocycles. The number of rotatable bonds is 3. The summed E-state index contributed by atoms with van der Waals surface area (Å²) in [6, 6.07) is 13.4. The van der Waals surface area contributed by atoms with Crippen LogP contribution in [-0.4, -0.2) is 25.7 Å². The minimum atomic E-state index is -2.21. The molecule has 1 N–H and O–H groups in total. The standard InChI is InChI=1S/C21H19N5O/c1-13-4-6-15(7-5-13)21(27)23-20-11-17-10-16(8-9-18(17)24-25-20)19-12-22-14(2)26(19)3/h4-12H,1-3H3,(H,23,25,27)/i1D3. The van der Waals surface area contributed by atoms with Crippen molar-refractivity contribution in [1.29, 1.82) is 0 Å². The lowest BCUT2D eigenvalue weighted by molar-refractivity contribution is 0.102. The first-order chi connectivity index (χ1) is 14.2. The summed E-state index contributed by atoms with van der Waals surface area (Å²) in [7, 11) is 1.95. The van der Waals surface area contributed by atoms with Crippen LogP contribution in [0.1, 0.15) is 25.9 Å². The average Bonchev–Trinajstić information content (AvgIpc) is 3.05. The highest BCUT2D eigenvalue weighted by Gasteiger charge is 2.10. The molecule has 4 aromatic rings. The van der Waals surface area contributed by atoms with E-state index in [2.05, 4.69) is 20.5 Å². The molecule has 0 aliphatic heterocycles. The number of aromatic nitrogens is 4. The number of nitrogens with one attached hydrogen (secondary N) is 1. The normalized spacial score (nSPS) is 13.0. The third kappa shape index (κ3) is 3.29. The number of aryl methyl sites for hydroxylation is 2. The Kier molecular flexibility index (Phi) is 3.35. The molecule has 2 aromatic carbocycles. The van der Waals surface area contributed by atoms with Crippen LogP contribution in [0.25, 0.3) is 22.2 Å². The van der Waals surface area contributed by atoms with Gasteiger partial charge in [-0.2, -0.15) is 0 Å². The van der Waals surface area contributed by atoms with Gasteiger partial charge in [0.25, 0.3) is 5.91 Å². The smallest absolute Gasteiger partial charge is 0.256 e. The van der Waals surface area contributed by atoms with Crippen molar-refractivity contribution < 1.29 is 8.91 Å². The molecule has 6 nitrogen and oxygen atoms in total. The van der Waals surface area contributed by atoms with Gasteiger partial charge in [-0.3, -0.25) is 4.79 Å². The maximum Gasteiger partial charge on any atom is 0.256 e. The fraction of sp³-hybridized carbons (Fsp3) is 0.143. The van der Waals surface area contributed by atoms with Crippen LogP contribution >= 0.6 is 0 Å². The van der Waals surface area contributed by atoms with E-state index in [0.717, 1.165) is 22.5 Å². The molecule has 0 unspecified atom stereocenters. The first-order valence-electron chi connectivity index (χ1n) is 9.90. The van der Waals surface area contributed by atoms with Crippen LogP contribution in [0, 0.1) is 13.8 Å². The maximum atomic E-state index is 12.5. The Morgan fingerprint density at radius 1 is 1.11 bits per heavy atom. The van der Waals surface area contributed by atoms with Crippen molar-refractivity contribution in [3.05, 3.63) is 71.7 Å². The van der Waals surface area contributed by atoms with E-state index in [0.29, 0.717) is 16.9 Å². The predicted octanol–water partition coefficient (Wildman–Crippen LogP) is 3.90. The summed E-state index contributed by atoms with van der Waals surface area (Å²) in [6.45, 7) is -0.267. The Morgan fingerprint density at radius 3 is 2.63 bits per heavy atom. The summed E-state index contributed by atoms with van der Waals surface area (Å²) in [6.07, 6.45) is 1.82. The number of hydrogen-bond acceptors (Lipinski definition) is 4. The third-order valence-electron chi connectivity index (χ3n) is 4.49. The summed E-state index contributed by atoms with van der Waals surface area (Å²) in [5, 5.41) is 11.8. The van der Waals surface area contributed by atoms with Crippen LogP contribution in [0.5, 0.6) is 0 Å². The lowest BCUT2D eigenvalue weighted by atomic mass is 10.1. The first-order valence-corrected chi connectivity index (χ1v) is 8.40. The highest BCUT2D eigenvalue weighted by molar-refractivity contribution is 6.04. The number of hydrogen-bond donors (Lipinski definition) is 1. The van der Waals surface area contributed by atoms with Gasteiger partial charge < -0.3 is 9.88 Å².